The summed E-state index contributed by atoms with van der Waals surface area (Å²) in [4.78, 5) is 28.9. The zero-order valence-electron chi connectivity index (χ0n) is 20.6. The van der Waals surface area contributed by atoms with Crippen molar-refractivity contribution in [2.24, 2.45) is 0 Å². The number of carbonyl (C=O) groups excluding carboxylic acids is 1. The predicted molar refractivity (Wildman–Crippen MR) is 130 cm³/mol. The van der Waals surface area contributed by atoms with Crippen molar-refractivity contribution in [1.29, 1.82) is 0 Å². The number of hydrogen-bond acceptors (Lipinski definition) is 6. The van der Waals surface area contributed by atoms with Crippen molar-refractivity contribution in [2.45, 2.75) is 44.2 Å². The lowest BCUT2D eigenvalue weighted by Crippen LogP contribution is -2.39. The third-order valence-corrected chi connectivity index (χ3v) is 7.68. The summed E-state index contributed by atoms with van der Waals surface area (Å²) in [6.07, 6.45) is 3.47. The number of carboxylic acid groups (broad SMARTS) is 1. The van der Waals surface area contributed by atoms with Gasteiger partial charge in [-0.1, -0.05) is 12.5 Å². The van der Waals surface area contributed by atoms with Crippen LogP contribution in [-0.2, 0) is 14.8 Å². The van der Waals surface area contributed by atoms with Gasteiger partial charge in [0.2, 0.25) is 10.0 Å². The molecule has 10 nitrogen and oxygen atoms in total. The zero-order chi connectivity index (χ0) is 27.2. The number of carboxylic acids is 1. The molecule has 14 heteroatoms. The first-order chi connectivity index (χ1) is 17.4. The molecule has 0 aliphatic carbocycles. The Bertz CT molecular complexity index is 1200. The molecular weight excluding hydrogens is 515 g/mol. The maximum absolute atomic E-state index is 12.9. The van der Waals surface area contributed by atoms with Crippen LogP contribution in [0.5, 0.6) is 0 Å². The van der Waals surface area contributed by atoms with E-state index in [0.717, 1.165) is 43.8 Å². The van der Waals surface area contributed by atoms with Gasteiger partial charge in [0.25, 0.3) is 5.91 Å². The fraction of sp³-hybridized carbons (Fsp3) is 0.609. The molecule has 2 aliphatic rings. The molecule has 1 unspecified atom stereocenters. The van der Waals surface area contributed by atoms with Gasteiger partial charge in [-0.05, 0) is 50.9 Å². The van der Waals surface area contributed by atoms with Crippen LogP contribution in [0.15, 0.2) is 24.4 Å². The molecule has 2 aromatic heterocycles. The molecule has 0 radical (unpaired) electrons. The lowest BCUT2D eigenvalue weighted by molar-refractivity contribution is -0.192. The minimum absolute atomic E-state index is 0.0294. The van der Waals surface area contributed by atoms with Crippen LogP contribution in [0.3, 0.4) is 0 Å². The number of aliphatic carboxylic acids is 1. The second kappa shape index (κ2) is 12.2. The highest BCUT2D eigenvalue weighted by Gasteiger charge is 2.38. The Labute approximate surface area is 213 Å². The molecule has 0 bridgehead atoms. The smallest absolute Gasteiger partial charge is 0.475 e. The van der Waals surface area contributed by atoms with Crippen LogP contribution < -0.4 is 5.32 Å². The second-order valence-electron chi connectivity index (χ2n) is 9.20. The molecule has 0 aromatic carbocycles. The van der Waals surface area contributed by atoms with Gasteiger partial charge in [0.1, 0.15) is 5.82 Å². The van der Waals surface area contributed by atoms with Gasteiger partial charge in [-0.15, -0.1) is 0 Å². The summed E-state index contributed by atoms with van der Waals surface area (Å²) in [5.41, 5.74) is 1.18. The Morgan fingerprint density at radius 2 is 1.81 bits per heavy atom. The zero-order valence-corrected chi connectivity index (χ0v) is 21.4. The molecule has 0 saturated carbocycles. The van der Waals surface area contributed by atoms with Gasteiger partial charge in [0.15, 0.2) is 5.69 Å². The summed E-state index contributed by atoms with van der Waals surface area (Å²) >= 11 is 0. The van der Waals surface area contributed by atoms with Crippen LogP contribution in [0, 0.1) is 0 Å². The predicted octanol–water partition coefficient (Wildman–Crippen LogP) is 2.32. The van der Waals surface area contributed by atoms with Crippen molar-refractivity contribution in [3.05, 3.63) is 35.9 Å². The number of halogens is 3. The number of imidazole rings is 1. The normalized spacial score (nSPS) is 19.7. The summed E-state index contributed by atoms with van der Waals surface area (Å²) < 4.78 is 59.2. The molecule has 1 amide bonds. The molecule has 206 valence electrons. The van der Waals surface area contributed by atoms with Crippen molar-refractivity contribution in [1.82, 2.24) is 23.9 Å². The number of alkyl halides is 3. The highest BCUT2D eigenvalue weighted by molar-refractivity contribution is 7.88. The number of piperidine rings is 2. The number of hydrogen-bond donors (Lipinski definition) is 2. The van der Waals surface area contributed by atoms with Crippen molar-refractivity contribution in [2.75, 3.05) is 45.5 Å². The van der Waals surface area contributed by atoms with Crippen molar-refractivity contribution in [3.8, 4) is 0 Å². The standard InChI is InChI=1S/C21H31N5O3S.C2HF3O2/c1-30(28,29)25-13-7-8-17(16-25)20-23-19(18-9-3-6-14-26(18)20)21(27)22-10-15-24-11-4-2-5-12-24;3-2(4,5)1(6)7/h3,6,9,14,17H,2,4-5,7-8,10-13,15-16H2,1H3,(H,22,27);(H,6,7). The van der Waals surface area contributed by atoms with Gasteiger partial charge < -0.3 is 19.7 Å². The quantitative estimate of drug-likeness (QED) is 0.569. The van der Waals surface area contributed by atoms with Gasteiger partial charge in [-0.3, -0.25) is 4.79 Å². The largest absolute Gasteiger partial charge is 0.490 e. The Kier molecular flexibility index (Phi) is 9.53. The average molecular weight is 548 g/mol. The average Bonchev–Trinajstić information content (AvgIpc) is 3.24. The van der Waals surface area contributed by atoms with E-state index in [0.29, 0.717) is 25.3 Å². The molecule has 4 rings (SSSR count). The van der Waals surface area contributed by atoms with E-state index in [1.807, 2.05) is 28.8 Å². The van der Waals surface area contributed by atoms with Crippen molar-refractivity contribution >= 4 is 27.4 Å². The van der Waals surface area contributed by atoms with Gasteiger partial charge in [-0.25, -0.2) is 22.5 Å². The van der Waals surface area contributed by atoms with E-state index < -0.39 is 22.2 Å². The van der Waals surface area contributed by atoms with Gasteiger partial charge in [0, 0.05) is 38.3 Å². The van der Waals surface area contributed by atoms with Crippen LogP contribution in [-0.4, -0.2) is 95.7 Å². The van der Waals surface area contributed by atoms with E-state index >= 15 is 0 Å². The third-order valence-electron chi connectivity index (χ3n) is 6.41. The summed E-state index contributed by atoms with van der Waals surface area (Å²) in [7, 11) is -3.24. The first-order valence-corrected chi connectivity index (χ1v) is 14.0. The lowest BCUT2D eigenvalue weighted by Gasteiger charge is -2.30. The number of sulfonamides is 1. The van der Waals surface area contributed by atoms with Crippen LogP contribution in [0.4, 0.5) is 13.2 Å². The molecule has 0 spiro atoms. The van der Waals surface area contributed by atoms with Crippen LogP contribution in [0.1, 0.15) is 54.3 Å². The monoisotopic (exact) mass is 547 g/mol. The molecular formula is C23H32F3N5O5S. The fourth-order valence-corrected chi connectivity index (χ4v) is 5.48. The second-order valence-corrected chi connectivity index (χ2v) is 11.2. The molecule has 37 heavy (non-hydrogen) atoms. The van der Waals surface area contributed by atoms with E-state index in [1.54, 1.807) is 0 Å². The number of aromatic nitrogens is 2. The maximum atomic E-state index is 12.9. The van der Waals surface area contributed by atoms with E-state index in [4.69, 9.17) is 14.9 Å². The Hall–Kier alpha value is -2.71. The number of fused-ring (bicyclic) bond motifs is 1. The first-order valence-electron chi connectivity index (χ1n) is 12.1. The number of carbonyl (C=O) groups is 2. The Morgan fingerprint density at radius 3 is 2.43 bits per heavy atom. The highest BCUT2D eigenvalue weighted by atomic mass is 32.2. The summed E-state index contributed by atoms with van der Waals surface area (Å²) in [5.74, 6) is -2.19. The van der Waals surface area contributed by atoms with Gasteiger partial charge in [0.05, 0.1) is 11.8 Å². The van der Waals surface area contributed by atoms with E-state index in [1.165, 1.54) is 29.8 Å². The topological polar surface area (TPSA) is 124 Å². The maximum Gasteiger partial charge on any atom is 0.490 e. The van der Waals surface area contributed by atoms with Crippen molar-refractivity contribution < 1.29 is 36.3 Å². The van der Waals surface area contributed by atoms with Crippen molar-refractivity contribution in [3.63, 3.8) is 0 Å². The Morgan fingerprint density at radius 1 is 1.14 bits per heavy atom. The number of nitrogens with zero attached hydrogens (tertiary/aromatic N) is 4. The highest BCUT2D eigenvalue weighted by Crippen LogP contribution is 2.29. The summed E-state index contributed by atoms with van der Waals surface area (Å²) in [6.45, 7) is 4.62. The van der Waals surface area contributed by atoms with Crippen LogP contribution in [0.25, 0.3) is 5.52 Å². The molecule has 2 N–H and O–H groups in total. The van der Waals surface area contributed by atoms with E-state index in [-0.39, 0.29) is 11.8 Å². The van der Waals surface area contributed by atoms with E-state index in [2.05, 4.69) is 10.2 Å². The molecule has 2 fully saturated rings. The lowest BCUT2D eigenvalue weighted by atomic mass is 9.99. The molecule has 2 aromatic rings. The molecule has 4 heterocycles. The number of rotatable bonds is 6. The number of amides is 1. The van der Waals surface area contributed by atoms with Crippen LogP contribution >= 0.6 is 0 Å². The number of likely N-dealkylation sites (tertiary alicyclic amines) is 1. The minimum atomic E-state index is -5.08. The summed E-state index contributed by atoms with van der Waals surface area (Å²) in [6, 6.07) is 5.70. The van der Waals surface area contributed by atoms with Gasteiger partial charge in [-0.2, -0.15) is 13.2 Å². The SMILES string of the molecule is CS(=O)(=O)N1CCCC(c2nc(C(=O)NCCN3CCCCC3)c3ccccn23)C1.O=C(O)C(F)(F)F. The third kappa shape index (κ3) is 7.89. The Balaban J connectivity index is 0.000000479. The molecule has 2 aliphatic heterocycles. The van der Waals surface area contributed by atoms with Crippen LogP contribution in [0.2, 0.25) is 0 Å². The number of nitrogens with one attached hydrogen (secondary N) is 1. The summed E-state index contributed by atoms with van der Waals surface area (Å²) in [5, 5.41) is 10.1. The first kappa shape index (κ1) is 28.9. The van der Waals surface area contributed by atoms with Gasteiger partial charge >= 0.3 is 12.1 Å². The van der Waals surface area contributed by atoms with E-state index in [9.17, 15) is 26.4 Å². The minimum Gasteiger partial charge on any atom is -0.475 e. The number of pyridine rings is 1. The fourth-order valence-electron chi connectivity index (χ4n) is 4.57. The molecule has 2 saturated heterocycles. The molecule has 1 atom stereocenters.